The predicted molar refractivity (Wildman–Crippen MR) is 71.3 cm³/mol. The van der Waals surface area contributed by atoms with Gasteiger partial charge in [-0.25, -0.2) is 4.79 Å². The summed E-state index contributed by atoms with van der Waals surface area (Å²) < 4.78 is 5.19. The molecule has 0 aromatic heterocycles. The van der Waals surface area contributed by atoms with Gasteiger partial charge < -0.3 is 10.5 Å². The van der Waals surface area contributed by atoms with Crippen molar-refractivity contribution in [3.63, 3.8) is 0 Å². The third kappa shape index (κ3) is 3.35. The summed E-state index contributed by atoms with van der Waals surface area (Å²) in [6, 6.07) is 16.7. The normalized spacial score (nSPS) is 10.0. The number of hydrogen-bond acceptors (Lipinski definition) is 3. The van der Waals surface area contributed by atoms with E-state index in [9.17, 15) is 4.79 Å². The Balaban J connectivity index is 1.86. The molecule has 0 aliphatic heterocycles. The van der Waals surface area contributed by atoms with E-state index >= 15 is 0 Å². The maximum atomic E-state index is 11.7. The second-order valence-electron chi connectivity index (χ2n) is 4.00. The Labute approximate surface area is 106 Å². The van der Waals surface area contributed by atoms with Crippen LogP contribution in [0.3, 0.4) is 0 Å². The van der Waals surface area contributed by atoms with Crippen molar-refractivity contribution in [2.75, 3.05) is 12.3 Å². The van der Waals surface area contributed by atoms with Crippen molar-refractivity contribution in [2.45, 2.75) is 6.42 Å². The number of rotatable bonds is 4. The van der Waals surface area contributed by atoms with E-state index in [1.54, 1.807) is 24.3 Å². The lowest BCUT2D eigenvalue weighted by atomic mass is 10.2. The molecule has 92 valence electrons. The Morgan fingerprint density at radius 1 is 1.06 bits per heavy atom. The Morgan fingerprint density at radius 2 is 1.83 bits per heavy atom. The molecule has 3 heteroatoms. The van der Waals surface area contributed by atoms with Crippen molar-refractivity contribution in [3.8, 4) is 0 Å². The molecular formula is C15H15NO2. The summed E-state index contributed by atoms with van der Waals surface area (Å²) in [5.74, 6) is -0.335. The fourth-order valence-electron chi connectivity index (χ4n) is 1.66. The van der Waals surface area contributed by atoms with Crippen LogP contribution in [0.1, 0.15) is 15.9 Å². The molecule has 0 spiro atoms. The minimum atomic E-state index is -0.335. The molecule has 3 nitrogen and oxygen atoms in total. The molecule has 0 amide bonds. The number of esters is 1. The summed E-state index contributed by atoms with van der Waals surface area (Å²) in [7, 11) is 0. The van der Waals surface area contributed by atoms with Gasteiger partial charge in [-0.2, -0.15) is 0 Å². The van der Waals surface area contributed by atoms with E-state index in [0.29, 0.717) is 17.9 Å². The van der Waals surface area contributed by atoms with Gasteiger partial charge in [-0.05, 0) is 23.8 Å². The fraction of sp³-hybridized carbons (Fsp3) is 0.133. The summed E-state index contributed by atoms with van der Waals surface area (Å²) in [6.45, 7) is 0.373. The van der Waals surface area contributed by atoms with Crippen LogP contribution in [0.4, 0.5) is 5.69 Å². The maximum absolute atomic E-state index is 11.7. The molecule has 0 atom stereocenters. The minimum Gasteiger partial charge on any atom is -0.462 e. The first kappa shape index (κ1) is 12.2. The van der Waals surface area contributed by atoms with E-state index in [4.69, 9.17) is 10.5 Å². The van der Waals surface area contributed by atoms with Crippen molar-refractivity contribution in [3.05, 3.63) is 65.7 Å². The maximum Gasteiger partial charge on any atom is 0.338 e. The molecule has 0 unspecified atom stereocenters. The first-order chi connectivity index (χ1) is 8.75. The van der Waals surface area contributed by atoms with Crippen LogP contribution in [0, 0.1) is 0 Å². The molecule has 0 saturated heterocycles. The zero-order valence-corrected chi connectivity index (χ0v) is 10.0. The van der Waals surface area contributed by atoms with Gasteiger partial charge in [0.05, 0.1) is 12.2 Å². The van der Waals surface area contributed by atoms with Crippen LogP contribution in [0.2, 0.25) is 0 Å². The average molecular weight is 241 g/mol. The van der Waals surface area contributed by atoms with Crippen molar-refractivity contribution in [1.29, 1.82) is 0 Å². The lowest BCUT2D eigenvalue weighted by Gasteiger charge is -2.05. The van der Waals surface area contributed by atoms with E-state index in [0.717, 1.165) is 12.0 Å². The number of ether oxygens (including phenoxy) is 1. The third-order valence-electron chi connectivity index (χ3n) is 2.59. The highest BCUT2D eigenvalue weighted by Crippen LogP contribution is 2.08. The molecule has 2 rings (SSSR count). The Kier molecular flexibility index (Phi) is 3.97. The van der Waals surface area contributed by atoms with Crippen molar-refractivity contribution in [1.82, 2.24) is 0 Å². The molecule has 0 fully saturated rings. The number of benzene rings is 2. The highest BCUT2D eigenvalue weighted by molar-refractivity contribution is 5.90. The highest BCUT2D eigenvalue weighted by Gasteiger charge is 2.06. The number of hydrogen-bond donors (Lipinski definition) is 1. The number of nitrogens with two attached hydrogens (primary N) is 1. The van der Waals surface area contributed by atoms with E-state index < -0.39 is 0 Å². The van der Waals surface area contributed by atoms with Gasteiger partial charge >= 0.3 is 5.97 Å². The molecule has 18 heavy (non-hydrogen) atoms. The Hall–Kier alpha value is -2.29. The third-order valence-corrected chi connectivity index (χ3v) is 2.59. The van der Waals surface area contributed by atoms with Gasteiger partial charge in [0.1, 0.15) is 0 Å². The smallest absolute Gasteiger partial charge is 0.338 e. The topological polar surface area (TPSA) is 52.3 Å². The largest absolute Gasteiger partial charge is 0.462 e. The van der Waals surface area contributed by atoms with E-state index in [1.165, 1.54) is 0 Å². The van der Waals surface area contributed by atoms with Crippen LogP contribution in [0.25, 0.3) is 0 Å². The van der Waals surface area contributed by atoms with Crippen LogP contribution in [0.5, 0.6) is 0 Å². The van der Waals surface area contributed by atoms with Gasteiger partial charge in [-0.3, -0.25) is 0 Å². The van der Waals surface area contributed by atoms with Crippen LogP contribution in [0.15, 0.2) is 54.6 Å². The standard InChI is InChI=1S/C15H15NO2/c16-14-8-4-7-13(11-14)15(17)18-10-9-12-5-2-1-3-6-12/h1-8,11H,9-10,16H2. The van der Waals surface area contributed by atoms with Gasteiger partial charge in [0.15, 0.2) is 0 Å². The lowest BCUT2D eigenvalue weighted by Crippen LogP contribution is -2.08. The summed E-state index contributed by atoms with van der Waals surface area (Å²) in [5, 5.41) is 0. The zero-order chi connectivity index (χ0) is 12.8. The van der Waals surface area contributed by atoms with Gasteiger partial charge in [-0.15, -0.1) is 0 Å². The van der Waals surface area contributed by atoms with E-state index in [2.05, 4.69) is 0 Å². The molecular weight excluding hydrogens is 226 g/mol. The molecule has 0 aliphatic carbocycles. The summed E-state index contributed by atoms with van der Waals surface area (Å²) >= 11 is 0. The summed E-state index contributed by atoms with van der Waals surface area (Å²) in [4.78, 5) is 11.7. The quantitative estimate of drug-likeness (QED) is 0.661. The first-order valence-electron chi connectivity index (χ1n) is 5.82. The highest BCUT2D eigenvalue weighted by atomic mass is 16.5. The number of nitrogen functional groups attached to an aromatic ring is 1. The Morgan fingerprint density at radius 3 is 2.56 bits per heavy atom. The lowest BCUT2D eigenvalue weighted by molar-refractivity contribution is 0.0509. The number of carbonyl (C=O) groups excluding carboxylic acids is 1. The average Bonchev–Trinajstić information content (AvgIpc) is 2.40. The van der Waals surface area contributed by atoms with Gasteiger partial charge in [0, 0.05) is 12.1 Å². The molecule has 0 heterocycles. The van der Waals surface area contributed by atoms with Crippen molar-refractivity contribution < 1.29 is 9.53 Å². The molecule has 0 aliphatic rings. The number of carbonyl (C=O) groups is 1. The van der Waals surface area contributed by atoms with Crippen molar-refractivity contribution in [2.24, 2.45) is 0 Å². The minimum absolute atomic E-state index is 0.335. The van der Waals surface area contributed by atoms with Crippen LogP contribution < -0.4 is 5.73 Å². The zero-order valence-electron chi connectivity index (χ0n) is 10.0. The van der Waals surface area contributed by atoms with Crippen molar-refractivity contribution >= 4 is 11.7 Å². The molecule has 2 aromatic carbocycles. The van der Waals surface area contributed by atoms with Gasteiger partial charge in [-0.1, -0.05) is 36.4 Å². The second kappa shape index (κ2) is 5.87. The first-order valence-corrected chi connectivity index (χ1v) is 5.82. The monoisotopic (exact) mass is 241 g/mol. The molecule has 2 N–H and O–H groups in total. The molecule has 2 aromatic rings. The van der Waals surface area contributed by atoms with Crippen LogP contribution in [-0.2, 0) is 11.2 Å². The van der Waals surface area contributed by atoms with Gasteiger partial charge in [0.2, 0.25) is 0 Å². The van der Waals surface area contributed by atoms with E-state index in [-0.39, 0.29) is 5.97 Å². The molecule has 0 saturated carbocycles. The predicted octanol–water partition coefficient (Wildman–Crippen LogP) is 2.67. The fourth-order valence-corrected chi connectivity index (χ4v) is 1.66. The van der Waals surface area contributed by atoms with Gasteiger partial charge in [0.25, 0.3) is 0 Å². The summed E-state index contributed by atoms with van der Waals surface area (Å²) in [6.07, 6.45) is 0.717. The summed E-state index contributed by atoms with van der Waals surface area (Å²) in [5.41, 5.74) is 7.81. The SMILES string of the molecule is Nc1cccc(C(=O)OCCc2ccccc2)c1. The molecule has 0 bridgehead atoms. The van der Waals surface area contributed by atoms with Crippen LogP contribution >= 0.6 is 0 Å². The van der Waals surface area contributed by atoms with Crippen LogP contribution in [-0.4, -0.2) is 12.6 Å². The molecule has 0 radical (unpaired) electrons. The number of anilines is 1. The Bertz CT molecular complexity index is 523. The van der Waals surface area contributed by atoms with E-state index in [1.807, 2.05) is 30.3 Å². The second-order valence-corrected chi connectivity index (χ2v) is 4.00.